The van der Waals surface area contributed by atoms with Gasteiger partial charge in [-0.2, -0.15) is 0 Å². The van der Waals surface area contributed by atoms with Gasteiger partial charge < -0.3 is 9.88 Å². The summed E-state index contributed by atoms with van der Waals surface area (Å²) in [5, 5.41) is 13.4. The van der Waals surface area contributed by atoms with Crippen molar-refractivity contribution in [1.29, 1.82) is 0 Å². The number of fused-ring (bicyclic) bond motifs is 1. The molecule has 3 aromatic rings. The highest BCUT2D eigenvalue weighted by atomic mass is 16.6. The summed E-state index contributed by atoms with van der Waals surface area (Å²) in [5.41, 5.74) is 0.508. The zero-order valence-corrected chi connectivity index (χ0v) is 16.0. The molecule has 0 unspecified atom stereocenters. The number of imidazole rings is 1. The number of aryl methyl sites for hydroxylation is 2. The van der Waals surface area contributed by atoms with E-state index >= 15 is 0 Å². The van der Waals surface area contributed by atoms with Gasteiger partial charge in [0.2, 0.25) is 5.91 Å². The molecule has 1 N–H and O–H groups in total. The van der Waals surface area contributed by atoms with Crippen molar-refractivity contribution in [3.8, 4) is 0 Å². The van der Waals surface area contributed by atoms with E-state index in [4.69, 9.17) is 0 Å². The number of carbonyl (C=O) groups is 1. The SMILES string of the molecule is Cn1c(=O)c2c(ncn2CCCC(=O)NCc2ccc([N+](=O)[O-])cc2)n(C)c1=O. The normalized spacial score (nSPS) is 11.0. The Morgan fingerprint density at radius 1 is 1.17 bits per heavy atom. The molecular formula is C18H20N6O5. The van der Waals surface area contributed by atoms with Crippen molar-refractivity contribution in [3.63, 3.8) is 0 Å². The van der Waals surface area contributed by atoms with Gasteiger partial charge in [-0.1, -0.05) is 12.1 Å². The number of carbonyl (C=O) groups excluding carboxylic acids is 1. The van der Waals surface area contributed by atoms with Crippen LogP contribution in [-0.4, -0.2) is 29.5 Å². The molecule has 0 aliphatic heterocycles. The molecule has 0 atom stereocenters. The monoisotopic (exact) mass is 400 g/mol. The standard InChI is InChI=1S/C18H20N6O5/c1-21-16-15(17(26)22(2)18(21)27)23(11-20-16)9-3-4-14(25)19-10-12-5-7-13(8-6-12)24(28)29/h5-8,11H,3-4,9-10H2,1-2H3,(H,19,25). The number of hydrogen-bond donors (Lipinski definition) is 1. The summed E-state index contributed by atoms with van der Waals surface area (Å²) >= 11 is 0. The van der Waals surface area contributed by atoms with Crippen molar-refractivity contribution >= 4 is 22.8 Å². The number of rotatable bonds is 7. The van der Waals surface area contributed by atoms with E-state index in [1.54, 1.807) is 23.7 Å². The number of aromatic nitrogens is 4. The molecule has 0 saturated heterocycles. The highest BCUT2D eigenvalue weighted by molar-refractivity contribution is 5.76. The maximum atomic E-state index is 12.4. The van der Waals surface area contributed by atoms with Gasteiger partial charge in [0, 0.05) is 45.7 Å². The summed E-state index contributed by atoms with van der Waals surface area (Å²) in [6, 6.07) is 5.96. The largest absolute Gasteiger partial charge is 0.352 e. The van der Waals surface area contributed by atoms with E-state index in [9.17, 15) is 24.5 Å². The van der Waals surface area contributed by atoms with Crippen molar-refractivity contribution in [2.45, 2.75) is 25.9 Å². The highest BCUT2D eigenvalue weighted by Gasteiger charge is 2.14. The van der Waals surface area contributed by atoms with Crippen LogP contribution in [0.4, 0.5) is 5.69 Å². The van der Waals surface area contributed by atoms with Crippen LogP contribution < -0.4 is 16.6 Å². The molecule has 0 aliphatic carbocycles. The van der Waals surface area contributed by atoms with Gasteiger partial charge in [-0.05, 0) is 12.0 Å². The average Bonchev–Trinajstić information content (AvgIpc) is 3.13. The fourth-order valence-corrected chi connectivity index (χ4v) is 3.00. The van der Waals surface area contributed by atoms with Gasteiger partial charge in [-0.25, -0.2) is 9.78 Å². The number of nitrogens with one attached hydrogen (secondary N) is 1. The second-order valence-electron chi connectivity index (χ2n) is 6.62. The quantitative estimate of drug-likeness (QED) is 0.452. The number of non-ortho nitro benzene ring substituents is 1. The molecule has 11 heteroatoms. The van der Waals surface area contributed by atoms with Gasteiger partial charge in [0.15, 0.2) is 11.2 Å². The lowest BCUT2D eigenvalue weighted by molar-refractivity contribution is -0.384. The van der Waals surface area contributed by atoms with Gasteiger partial charge in [-0.15, -0.1) is 0 Å². The Hall–Kier alpha value is -3.76. The van der Waals surface area contributed by atoms with E-state index in [1.807, 2.05) is 0 Å². The predicted molar refractivity (Wildman–Crippen MR) is 104 cm³/mol. The molecule has 2 heterocycles. The van der Waals surface area contributed by atoms with E-state index in [2.05, 4.69) is 10.3 Å². The van der Waals surface area contributed by atoms with Gasteiger partial charge in [0.1, 0.15) is 0 Å². The van der Waals surface area contributed by atoms with Crippen LogP contribution in [0.15, 0.2) is 40.2 Å². The molecule has 2 aromatic heterocycles. The smallest absolute Gasteiger partial charge is 0.332 e. The molecule has 11 nitrogen and oxygen atoms in total. The fraction of sp³-hybridized carbons (Fsp3) is 0.333. The van der Waals surface area contributed by atoms with Gasteiger partial charge >= 0.3 is 5.69 Å². The third kappa shape index (κ3) is 4.08. The van der Waals surface area contributed by atoms with Crippen LogP contribution in [0.5, 0.6) is 0 Å². The third-order valence-electron chi connectivity index (χ3n) is 4.66. The van der Waals surface area contributed by atoms with E-state index in [1.165, 1.54) is 30.1 Å². The minimum atomic E-state index is -0.479. The molecule has 0 bridgehead atoms. The first-order valence-corrected chi connectivity index (χ1v) is 8.90. The third-order valence-corrected chi connectivity index (χ3v) is 4.66. The van der Waals surface area contributed by atoms with E-state index in [0.29, 0.717) is 24.1 Å². The minimum absolute atomic E-state index is 0.00345. The maximum Gasteiger partial charge on any atom is 0.332 e. The first kappa shape index (κ1) is 20.0. The van der Waals surface area contributed by atoms with Crippen molar-refractivity contribution < 1.29 is 9.72 Å². The summed E-state index contributed by atoms with van der Waals surface area (Å²) in [5.74, 6) is -0.173. The van der Waals surface area contributed by atoms with E-state index in [0.717, 1.165) is 10.1 Å². The lowest BCUT2D eigenvalue weighted by Crippen LogP contribution is -2.37. The second kappa shape index (κ2) is 8.09. The van der Waals surface area contributed by atoms with Crippen LogP contribution in [0.3, 0.4) is 0 Å². The molecule has 29 heavy (non-hydrogen) atoms. The first-order valence-electron chi connectivity index (χ1n) is 8.90. The number of hydrogen-bond acceptors (Lipinski definition) is 6. The molecular weight excluding hydrogens is 380 g/mol. The summed E-state index contributed by atoms with van der Waals surface area (Å²) in [6.45, 7) is 0.669. The van der Waals surface area contributed by atoms with Crippen molar-refractivity contribution in [2.24, 2.45) is 14.1 Å². The number of nitro benzene ring substituents is 1. The summed E-state index contributed by atoms with van der Waals surface area (Å²) in [7, 11) is 2.96. The van der Waals surface area contributed by atoms with E-state index < -0.39 is 16.2 Å². The van der Waals surface area contributed by atoms with E-state index in [-0.39, 0.29) is 24.6 Å². The second-order valence-corrected chi connectivity index (χ2v) is 6.62. The zero-order valence-electron chi connectivity index (χ0n) is 16.0. The van der Waals surface area contributed by atoms with Crippen molar-refractivity contribution in [1.82, 2.24) is 24.0 Å². The summed E-state index contributed by atoms with van der Waals surface area (Å²) in [4.78, 5) is 50.7. The van der Waals surface area contributed by atoms with Crippen LogP contribution in [-0.2, 0) is 32.0 Å². The Morgan fingerprint density at radius 3 is 2.52 bits per heavy atom. The minimum Gasteiger partial charge on any atom is -0.352 e. The molecule has 0 fully saturated rings. The molecule has 0 saturated carbocycles. The molecule has 152 valence electrons. The fourth-order valence-electron chi connectivity index (χ4n) is 3.00. The lowest BCUT2D eigenvalue weighted by Gasteiger charge is -2.07. The van der Waals surface area contributed by atoms with Crippen LogP contribution in [0.1, 0.15) is 18.4 Å². The molecule has 0 aliphatic rings. The first-order chi connectivity index (χ1) is 13.8. The number of nitro groups is 1. The van der Waals surface area contributed by atoms with Crippen molar-refractivity contribution in [2.75, 3.05) is 0 Å². The number of benzene rings is 1. The Balaban J connectivity index is 1.57. The van der Waals surface area contributed by atoms with Crippen molar-refractivity contribution in [3.05, 3.63) is 67.1 Å². The molecule has 0 radical (unpaired) electrons. The molecule has 3 rings (SSSR count). The Bertz CT molecular complexity index is 1190. The molecule has 0 spiro atoms. The predicted octanol–water partition coefficient (Wildman–Crippen LogP) is 0.438. The average molecular weight is 400 g/mol. The number of amides is 1. The van der Waals surface area contributed by atoms with Crippen LogP contribution in [0.2, 0.25) is 0 Å². The highest BCUT2D eigenvalue weighted by Crippen LogP contribution is 2.12. The van der Waals surface area contributed by atoms with Gasteiger partial charge in [0.25, 0.3) is 11.2 Å². The summed E-state index contributed by atoms with van der Waals surface area (Å²) in [6.07, 6.45) is 2.20. The molecule has 1 aromatic carbocycles. The number of nitrogens with zero attached hydrogens (tertiary/aromatic N) is 5. The lowest BCUT2D eigenvalue weighted by atomic mass is 10.2. The topological polar surface area (TPSA) is 134 Å². The van der Waals surface area contributed by atoms with Crippen LogP contribution >= 0.6 is 0 Å². The molecule has 1 amide bonds. The Morgan fingerprint density at radius 2 is 1.86 bits per heavy atom. The Kier molecular flexibility index (Phi) is 5.57. The Labute approximate surface area is 164 Å². The van der Waals surface area contributed by atoms with Crippen LogP contribution in [0.25, 0.3) is 11.2 Å². The van der Waals surface area contributed by atoms with Crippen LogP contribution in [0, 0.1) is 10.1 Å². The zero-order chi connectivity index (χ0) is 21.1. The van der Waals surface area contributed by atoms with Gasteiger partial charge in [-0.3, -0.25) is 28.8 Å². The summed E-state index contributed by atoms with van der Waals surface area (Å²) < 4.78 is 3.97. The maximum absolute atomic E-state index is 12.4. The van der Waals surface area contributed by atoms with Gasteiger partial charge in [0.05, 0.1) is 11.3 Å².